The highest BCUT2D eigenvalue weighted by molar-refractivity contribution is 7.10. The first-order valence-electron chi connectivity index (χ1n) is 7.11. The molecule has 0 N–H and O–H groups in total. The first-order chi connectivity index (χ1) is 8.33. The summed E-state index contributed by atoms with van der Waals surface area (Å²) >= 11 is 1.96. The molecular formula is C15H25NS. The molecular weight excluding hydrogens is 226 g/mol. The van der Waals surface area contributed by atoms with Crippen LogP contribution in [0.4, 0.5) is 0 Å². The molecule has 1 heterocycles. The molecule has 0 radical (unpaired) electrons. The van der Waals surface area contributed by atoms with Crippen LogP contribution in [0.3, 0.4) is 0 Å². The first kappa shape index (κ1) is 13.1. The van der Waals surface area contributed by atoms with Crippen molar-refractivity contribution in [1.82, 2.24) is 4.90 Å². The third kappa shape index (κ3) is 3.56. The van der Waals surface area contributed by atoms with E-state index in [0.717, 1.165) is 5.92 Å². The van der Waals surface area contributed by atoms with Gasteiger partial charge in [0.2, 0.25) is 0 Å². The third-order valence-corrected chi connectivity index (χ3v) is 4.72. The van der Waals surface area contributed by atoms with Crippen LogP contribution in [0, 0.1) is 5.92 Å². The van der Waals surface area contributed by atoms with Crippen molar-refractivity contribution in [3.63, 3.8) is 0 Å². The normalized spacial score (nSPS) is 19.6. The molecule has 17 heavy (non-hydrogen) atoms. The maximum Gasteiger partial charge on any atom is 0.00804 e. The number of fused-ring (bicyclic) bond motifs is 1. The fraction of sp³-hybridized carbons (Fsp3) is 0.733. The Morgan fingerprint density at radius 2 is 2.06 bits per heavy atom. The number of rotatable bonds is 6. The first-order valence-corrected chi connectivity index (χ1v) is 7.99. The van der Waals surface area contributed by atoms with E-state index in [2.05, 4.69) is 30.2 Å². The molecule has 0 spiro atoms. The topological polar surface area (TPSA) is 3.24 Å². The van der Waals surface area contributed by atoms with Gasteiger partial charge in [0.05, 0.1) is 0 Å². The Kier molecular flexibility index (Phi) is 5.05. The fourth-order valence-corrected chi connectivity index (χ4v) is 3.99. The molecule has 1 atom stereocenters. The van der Waals surface area contributed by atoms with Crippen molar-refractivity contribution in [3.05, 3.63) is 21.9 Å². The van der Waals surface area contributed by atoms with Gasteiger partial charge in [-0.25, -0.2) is 0 Å². The predicted molar refractivity (Wildman–Crippen MR) is 76.9 cm³/mol. The van der Waals surface area contributed by atoms with Crippen molar-refractivity contribution in [1.29, 1.82) is 0 Å². The van der Waals surface area contributed by atoms with Gasteiger partial charge in [-0.05, 0) is 68.1 Å². The molecule has 0 saturated heterocycles. The van der Waals surface area contributed by atoms with Gasteiger partial charge in [0.25, 0.3) is 0 Å². The average Bonchev–Trinajstić information content (AvgIpc) is 2.77. The van der Waals surface area contributed by atoms with Crippen molar-refractivity contribution in [2.75, 3.05) is 19.6 Å². The molecule has 0 bridgehead atoms. The molecule has 0 unspecified atom stereocenters. The van der Waals surface area contributed by atoms with Gasteiger partial charge in [-0.3, -0.25) is 0 Å². The number of hydrogen-bond donors (Lipinski definition) is 0. The molecule has 0 fully saturated rings. The molecule has 1 nitrogen and oxygen atoms in total. The minimum atomic E-state index is 0.902. The lowest BCUT2D eigenvalue weighted by Crippen LogP contribution is -2.33. The maximum absolute atomic E-state index is 2.67. The number of aryl methyl sites for hydroxylation is 1. The van der Waals surface area contributed by atoms with Crippen LogP contribution < -0.4 is 0 Å². The lowest BCUT2D eigenvalue weighted by Gasteiger charge is -2.29. The van der Waals surface area contributed by atoms with E-state index >= 15 is 0 Å². The van der Waals surface area contributed by atoms with E-state index in [-0.39, 0.29) is 0 Å². The number of thiophene rings is 1. The summed E-state index contributed by atoms with van der Waals surface area (Å²) in [6, 6.07) is 2.33. The summed E-state index contributed by atoms with van der Waals surface area (Å²) in [5, 5.41) is 2.27. The number of hydrogen-bond acceptors (Lipinski definition) is 2. The van der Waals surface area contributed by atoms with Gasteiger partial charge in [-0.2, -0.15) is 0 Å². The van der Waals surface area contributed by atoms with E-state index in [4.69, 9.17) is 0 Å². The van der Waals surface area contributed by atoms with Gasteiger partial charge < -0.3 is 4.90 Å². The highest BCUT2D eigenvalue weighted by Crippen LogP contribution is 2.30. The van der Waals surface area contributed by atoms with Crippen LogP contribution in [0.2, 0.25) is 0 Å². The minimum Gasteiger partial charge on any atom is -0.303 e. The van der Waals surface area contributed by atoms with Crippen molar-refractivity contribution in [3.8, 4) is 0 Å². The summed E-state index contributed by atoms with van der Waals surface area (Å²) in [5.41, 5.74) is 1.63. The van der Waals surface area contributed by atoms with Crippen LogP contribution in [-0.4, -0.2) is 24.5 Å². The van der Waals surface area contributed by atoms with E-state index in [9.17, 15) is 0 Å². The van der Waals surface area contributed by atoms with Crippen LogP contribution in [0.25, 0.3) is 0 Å². The molecule has 2 heteroatoms. The molecule has 2 rings (SSSR count). The highest BCUT2D eigenvalue weighted by atomic mass is 32.1. The Hall–Kier alpha value is -0.340. The molecule has 0 saturated carbocycles. The van der Waals surface area contributed by atoms with Crippen molar-refractivity contribution >= 4 is 11.3 Å². The van der Waals surface area contributed by atoms with E-state index < -0.39 is 0 Å². The van der Waals surface area contributed by atoms with Crippen LogP contribution in [-0.2, 0) is 12.8 Å². The van der Waals surface area contributed by atoms with E-state index in [1.807, 2.05) is 11.3 Å². The van der Waals surface area contributed by atoms with Gasteiger partial charge in [-0.15, -0.1) is 11.3 Å². The second kappa shape index (κ2) is 6.55. The summed E-state index contributed by atoms with van der Waals surface area (Å²) in [7, 11) is 0. The lowest BCUT2D eigenvalue weighted by atomic mass is 9.88. The van der Waals surface area contributed by atoms with Crippen molar-refractivity contribution in [2.45, 2.75) is 46.0 Å². The molecule has 1 aliphatic carbocycles. The minimum absolute atomic E-state index is 0.902. The van der Waals surface area contributed by atoms with Crippen molar-refractivity contribution < 1.29 is 0 Å². The Morgan fingerprint density at radius 1 is 1.29 bits per heavy atom. The molecule has 0 aromatic carbocycles. The van der Waals surface area contributed by atoms with E-state index in [1.54, 1.807) is 10.4 Å². The molecule has 0 amide bonds. The lowest BCUT2D eigenvalue weighted by molar-refractivity contribution is 0.220. The Labute approximate surface area is 110 Å². The summed E-state index contributed by atoms with van der Waals surface area (Å²) in [6.45, 7) is 8.46. The average molecular weight is 251 g/mol. The van der Waals surface area contributed by atoms with Crippen LogP contribution in [0.15, 0.2) is 11.4 Å². The van der Waals surface area contributed by atoms with Crippen LogP contribution in [0.5, 0.6) is 0 Å². The largest absolute Gasteiger partial charge is 0.303 e. The van der Waals surface area contributed by atoms with Crippen molar-refractivity contribution in [2.24, 2.45) is 5.92 Å². The second-order valence-corrected chi connectivity index (χ2v) is 6.28. The Balaban J connectivity index is 1.87. The Bertz CT molecular complexity index is 325. The second-order valence-electron chi connectivity index (χ2n) is 5.28. The number of nitrogens with zero attached hydrogens (tertiary/aromatic N) is 1. The fourth-order valence-electron chi connectivity index (χ4n) is 2.94. The highest BCUT2D eigenvalue weighted by Gasteiger charge is 2.21. The summed E-state index contributed by atoms with van der Waals surface area (Å²) < 4.78 is 0. The molecule has 1 aromatic rings. The van der Waals surface area contributed by atoms with E-state index in [0.29, 0.717) is 0 Å². The zero-order chi connectivity index (χ0) is 12.1. The van der Waals surface area contributed by atoms with Crippen LogP contribution >= 0.6 is 11.3 Å². The SMILES string of the molecule is CCCN(CCC)C[C@@H]1CCc2ccsc2C1. The molecule has 1 aliphatic rings. The van der Waals surface area contributed by atoms with Gasteiger partial charge in [0.1, 0.15) is 0 Å². The van der Waals surface area contributed by atoms with Gasteiger partial charge in [0.15, 0.2) is 0 Å². The van der Waals surface area contributed by atoms with Crippen LogP contribution in [0.1, 0.15) is 43.6 Å². The quantitative estimate of drug-likeness (QED) is 0.739. The molecule has 1 aromatic heterocycles. The summed E-state index contributed by atoms with van der Waals surface area (Å²) in [6.07, 6.45) is 6.62. The smallest absolute Gasteiger partial charge is 0.00804 e. The molecule has 0 aliphatic heterocycles. The zero-order valence-electron chi connectivity index (χ0n) is 11.2. The maximum atomic E-state index is 2.67. The zero-order valence-corrected chi connectivity index (χ0v) is 12.1. The van der Waals surface area contributed by atoms with Gasteiger partial charge >= 0.3 is 0 Å². The summed E-state index contributed by atoms with van der Waals surface area (Å²) in [5.74, 6) is 0.902. The van der Waals surface area contributed by atoms with Gasteiger partial charge in [0, 0.05) is 11.4 Å². The standard InChI is InChI=1S/C15H25NS/c1-3-8-16(9-4-2)12-13-5-6-14-7-10-17-15(14)11-13/h7,10,13H,3-6,8-9,11-12H2,1-2H3/t13-/m1/s1. The monoisotopic (exact) mass is 251 g/mol. The van der Waals surface area contributed by atoms with Gasteiger partial charge in [-0.1, -0.05) is 13.8 Å². The molecule has 96 valence electrons. The predicted octanol–water partition coefficient (Wildman–Crippen LogP) is 3.98. The summed E-state index contributed by atoms with van der Waals surface area (Å²) in [4.78, 5) is 4.33. The Morgan fingerprint density at radius 3 is 2.76 bits per heavy atom. The van der Waals surface area contributed by atoms with E-state index in [1.165, 1.54) is 51.7 Å². The third-order valence-electron chi connectivity index (χ3n) is 3.73.